The van der Waals surface area contributed by atoms with Crippen molar-refractivity contribution in [1.29, 1.82) is 0 Å². The molecule has 2 aromatic rings. The van der Waals surface area contributed by atoms with Crippen molar-refractivity contribution in [2.75, 3.05) is 13.7 Å². The highest BCUT2D eigenvalue weighted by Crippen LogP contribution is 2.10. The van der Waals surface area contributed by atoms with Crippen molar-refractivity contribution in [1.82, 2.24) is 8.97 Å². The highest BCUT2D eigenvalue weighted by atomic mass is 16.5. The first-order valence-electron chi connectivity index (χ1n) is 5.67. The summed E-state index contributed by atoms with van der Waals surface area (Å²) in [4.78, 5) is 34.7. The normalized spacial score (nSPS) is 10.8. The van der Waals surface area contributed by atoms with Gasteiger partial charge in [-0.05, 0) is 0 Å². The highest BCUT2D eigenvalue weighted by molar-refractivity contribution is 5.88. The van der Waals surface area contributed by atoms with Gasteiger partial charge in [0.1, 0.15) is 5.56 Å². The summed E-state index contributed by atoms with van der Waals surface area (Å²) in [5.41, 5.74) is -2.55. The Morgan fingerprint density at radius 2 is 2.05 bits per heavy atom. The molecule has 20 heavy (non-hydrogen) atoms. The number of carboxylic acid groups (broad SMARTS) is 1. The Bertz CT molecular complexity index is 789. The summed E-state index contributed by atoms with van der Waals surface area (Å²) in [5.74, 6) is -2.34. The zero-order valence-electron chi connectivity index (χ0n) is 10.6. The van der Waals surface area contributed by atoms with Crippen LogP contribution in [0.25, 0.3) is 5.52 Å². The summed E-state index contributed by atoms with van der Waals surface area (Å²) in [6.07, 6.45) is 3.81. The van der Waals surface area contributed by atoms with Gasteiger partial charge in [0.25, 0.3) is 5.56 Å². The largest absolute Gasteiger partial charge is 0.503 e. The predicted molar refractivity (Wildman–Crippen MR) is 68.4 cm³/mol. The van der Waals surface area contributed by atoms with Gasteiger partial charge in [0.2, 0.25) is 5.43 Å². The lowest BCUT2D eigenvalue weighted by Crippen LogP contribution is -2.26. The van der Waals surface area contributed by atoms with Crippen molar-refractivity contribution < 1.29 is 19.7 Å². The molecule has 0 saturated carbocycles. The Labute approximate surface area is 112 Å². The maximum atomic E-state index is 12.1. The number of rotatable bonds is 4. The first-order chi connectivity index (χ1) is 9.47. The molecule has 106 valence electrons. The van der Waals surface area contributed by atoms with Crippen LogP contribution in [0.3, 0.4) is 0 Å². The van der Waals surface area contributed by atoms with Crippen LogP contribution in [-0.2, 0) is 11.3 Å². The zero-order valence-corrected chi connectivity index (χ0v) is 10.6. The fourth-order valence-electron chi connectivity index (χ4n) is 1.82. The molecular formula is C12H12N2O6. The average Bonchev–Trinajstić information content (AvgIpc) is 2.41. The number of hydrogen-bond donors (Lipinski definition) is 2. The lowest BCUT2D eigenvalue weighted by Gasteiger charge is -2.09. The molecule has 0 unspecified atom stereocenters. The summed E-state index contributed by atoms with van der Waals surface area (Å²) in [7, 11) is 1.48. The van der Waals surface area contributed by atoms with E-state index in [1.54, 1.807) is 0 Å². The number of aromatic hydroxyl groups is 1. The van der Waals surface area contributed by atoms with E-state index in [0.29, 0.717) is 0 Å². The van der Waals surface area contributed by atoms with Gasteiger partial charge in [-0.25, -0.2) is 4.79 Å². The van der Waals surface area contributed by atoms with Crippen molar-refractivity contribution >= 4 is 11.5 Å². The predicted octanol–water partition coefficient (Wildman–Crippen LogP) is -0.489. The van der Waals surface area contributed by atoms with Crippen LogP contribution in [0.2, 0.25) is 0 Å². The number of aromatic nitrogens is 2. The van der Waals surface area contributed by atoms with Crippen LogP contribution in [0, 0.1) is 0 Å². The number of nitrogens with zero attached hydrogens (tertiary/aromatic N) is 2. The van der Waals surface area contributed by atoms with E-state index in [2.05, 4.69) is 0 Å². The Balaban J connectivity index is 2.77. The topological polar surface area (TPSA) is 110 Å². The molecule has 0 aliphatic heterocycles. The number of carbonyl (C=O) groups is 1. The third kappa shape index (κ3) is 2.16. The maximum absolute atomic E-state index is 12.1. The fraction of sp³-hybridized carbons (Fsp3) is 0.250. The monoisotopic (exact) mass is 280 g/mol. The van der Waals surface area contributed by atoms with Crippen LogP contribution in [-0.4, -0.2) is 38.9 Å². The van der Waals surface area contributed by atoms with Crippen LogP contribution < -0.4 is 11.0 Å². The number of hydrogen-bond acceptors (Lipinski definition) is 5. The third-order valence-electron chi connectivity index (χ3n) is 2.85. The van der Waals surface area contributed by atoms with E-state index in [4.69, 9.17) is 9.84 Å². The number of fused-ring (bicyclic) bond motifs is 1. The molecule has 0 aliphatic carbocycles. The van der Waals surface area contributed by atoms with Crippen LogP contribution in [0.4, 0.5) is 0 Å². The average molecular weight is 280 g/mol. The molecule has 8 nitrogen and oxygen atoms in total. The Morgan fingerprint density at radius 1 is 1.35 bits per heavy atom. The number of methoxy groups -OCH3 is 1. The molecule has 0 aromatic carbocycles. The number of ether oxygens (including phenoxy) is 1. The van der Waals surface area contributed by atoms with Crippen LogP contribution >= 0.6 is 0 Å². The molecule has 0 bridgehead atoms. The smallest absolute Gasteiger partial charge is 0.341 e. The molecule has 2 heterocycles. The lowest BCUT2D eigenvalue weighted by atomic mass is 10.2. The minimum absolute atomic E-state index is 0.250. The van der Waals surface area contributed by atoms with Gasteiger partial charge >= 0.3 is 5.97 Å². The Hall–Kier alpha value is -2.61. The number of aromatic carboxylic acids is 1. The minimum atomic E-state index is -1.47. The molecular weight excluding hydrogens is 268 g/mol. The van der Waals surface area contributed by atoms with E-state index < -0.39 is 28.3 Å². The standard InChI is InChI=1S/C12H12N2O6/c1-20-5-4-13-2-3-14-6-7(12(18)19)9(15)10(16)8(14)11(13)17/h2-3,6,16H,4-5H2,1H3,(H,18,19). The van der Waals surface area contributed by atoms with Crippen LogP contribution in [0.1, 0.15) is 10.4 Å². The van der Waals surface area contributed by atoms with E-state index in [0.717, 1.165) is 10.6 Å². The molecule has 0 atom stereocenters. The number of pyridine rings is 1. The van der Waals surface area contributed by atoms with E-state index >= 15 is 0 Å². The summed E-state index contributed by atoms with van der Waals surface area (Å²) < 4.78 is 7.23. The first kappa shape index (κ1) is 13.8. The molecule has 0 fully saturated rings. The summed E-state index contributed by atoms with van der Waals surface area (Å²) in [5, 5.41) is 18.6. The second-order valence-corrected chi connectivity index (χ2v) is 4.07. The van der Waals surface area contributed by atoms with Gasteiger partial charge in [0.05, 0.1) is 6.61 Å². The Kier molecular flexibility index (Phi) is 3.57. The highest BCUT2D eigenvalue weighted by Gasteiger charge is 2.18. The van der Waals surface area contributed by atoms with Crippen molar-refractivity contribution in [3.8, 4) is 5.75 Å². The number of carboxylic acids is 1. The molecule has 0 spiro atoms. The molecule has 8 heteroatoms. The molecule has 2 aromatic heterocycles. The van der Waals surface area contributed by atoms with Gasteiger partial charge < -0.3 is 23.9 Å². The second kappa shape index (κ2) is 5.17. The minimum Gasteiger partial charge on any atom is -0.503 e. The van der Waals surface area contributed by atoms with Crippen molar-refractivity contribution in [3.05, 3.63) is 44.7 Å². The van der Waals surface area contributed by atoms with Gasteiger partial charge in [-0.2, -0.15) is 0 Å². The third-order valence-corrected chi connectivity index (χ3v) is 2.85. The van der Waals surface area contributed by atoms with Gasteiger partial charge in [0, 0.05) is 32.2 Å². The molecule has 0 amide bonds. The van der Waals surface area contributed by atoms with E-state index in [1.807, 2.05) is 0 Å². The zero-order chi connectivity index (χ0) is 14.9. The van der Waals surface area contributed by atoms with E-state index in [9.17, 15) is 19.5 Å². The van der Waals surface area contributed by atoms with Crippen LogP contribution in [0.5, 0.6) is 5.75 Å². The molecule has 2 N–H and O–H groups in total. The summed E-state index contributed by atoms with van der Waals surface area (Å²) in [6, 6.07) is 0. The van der Waals surface area contributed by atoms with Crippen molar-refractivity contribution in [2.24, 2.45) is 0 Å². The van der Waals surface area contributed by atoms with E-state index in [1.165, 1.54) is 24.1 Å². The molecule has 0 radical (unpaired) electrons. The molecule has 2 rings (SSSR count). The second-order valence-electron chi connectivity index (χ2n) is 4.07. The SMILES string of the molecule is COCCn1ccn2cc(C(=O)O)c(=O)c(O)c2c1=O. The van der Waals surface area contributed by atoms with Gasteiger partial charge in [-0.15, -0.1) is 0 Å². The Morgan fingerprint density at radius 3 is 2.65 bits per heavy atom. The quantitative estimate of drug-likeness (QED) is 0.782. The van der Waals surface area contributed by atoms with Crippen molar-refractivity contribution in [2.45, 2.75) is 6.54 Å². The summed E-state index contributed by atoms with van der Waals surface area (Å²) >= 11 is 0. The lowest BCUT2D eigenvalue weighted by molar-refractivity contribution is 0.0694. The van der Waals surface area contributed by atoms with Crippen molar-refractivity contribution in [3.63, 3.8) is 0 Å². The molecule has 0 saturated heterocycles. The fourth-order valence-corrected chi connectivity index (χ4v) is 1.82. The maximum Gasteiger partial charge on any atom is 0.341 e. The van der Waals surface area contributed by atoms with Gasteiger partial charge in [-0.1, -0.05) is 0 Å². The molecule has 0 aliphatic rings. The van der Waals surface area contributed by atoms with E-state index in [-0.39, 0.29) is 18.7 Å². The van der Waals surface area contributed by atoms with Gasteiger partial charge in [-0.3, -0.25) is 9.59 Å². The van der Waals surface area contributed by atoms with Gasteiger partial charge in [0.15, 0.2) is 11.3 Å². The van der Waals surface area contributed by atoms with Crippen LogP contribution in [0.15, 0.2) is 28.2 Å². The summed E-state index contributed by atoms with van der Waals surface area (Å²) in [6.45, 7) is 0.536. The first-order valence-corrected chi connectivity index (χ1v) is 5.67.